The smallest absolute Gasteiger partial charge is 0.230 e. The largest absolute Gasteiger partial charge is 0.338 e. The number of amides is 1. The molecule has 0 saturated carbocycles. The number of carbonyl (C=O) groups excluding carboxylic acids is 1. The number of carbonyl (C=O) groups is 1. The molecule has 0 unspecified atom stereocenters. The molecule has 24 heavy (non-hydrogen) atoms. The second-order valence-corrected chi connectivity index (χ2v) is 6.31. The van der Waals surface area contributed by atoms with Crippen molar-refractivity contribution in [2.24, 2.45) is 11.1 Å². The molecule has 0 fully saturated rings. The number of hydrogen-bond donors (Lipinski definition) is 1. The Kier molecular flexibility index (Phi) is 6.15. The monoisotopic (exact) mass is 328 g/mol. The average Bonchev–Trinajstić information content (AvgIpc) is 3.04. The van der Waals surface area contributed by atoms with Crippen molar-refractivity contribution in [3.05, 3.63) is 54.1 Å². The Hall–Kier alpha value is -2.14. The quantitative estimate of drug-likeness (QED) is 0.810. The predicted molar refractivity (Wildman–Crippen MR) is 96.3 cm³/mol. The molecule has 2 aromatic rings. The summed E-state index contributed by atoms with van der Waals surface area (Å²) in [5.41, 5.74) is 6.65. The predicted octanol–water partition coefficient (Wildman–Crippen LogP) is 2.65. The first-order valence-electron chi connectivity index (χ1n) is 8.56. The van der Waals surface area contributed by atoms with Gasteiger partial charge >= 0.3 is 0 Å². The molecule has 5 nitrogen and oxygen atoms in total. The molecule has 0 atom stereocenters. The maximum Gasteiger partial charge on any atom is 0.230 e. The van der Waals surface area contributed by atoms with E-state index < -0.39 is 5.41 Å². The van der Waals surface area contributed by atoms with Gasteiger partial charge in [0, 0.05) is 32.5 Å². The topological polar surface area (TPSA) is 64.2 Å². The number of nitrogens with two attached hydrogens (primary N) is 1. The van der Waals surface area contributed by atoms with E-state index >= 15 is 0 Å². The molecule has 0 saturated heterocycles. The van der Waals surface area contributed by atoms with E-state index in [1.54, 1.807) is 11.1 Å². The van der Waals surface area contributed by atoms with Gasteiger partial charge in [-0.25, -0.2) is 4.98 Å². The molecular weight excluding hydrogens is 300 g/mol. The van der Waals surface area contributed by atoms with Gasteiger partial charge in [0.2, 0.25) is 5.91 Å². The van der Waals surface area contributed by atoms with E-state index in [-0.39, 0.29) is 5.91 Å². The van der Waals surface area contributed by atoms with Crippen molar-refractivity contribution >= 4 is 5.91 Å². The van der Waals surface area contributed by atoms with E-state index in [9.17, 15) is 4.79 Å². The second kappa shape index (κ2) is 8.11. The van der Waals surface area contributed by atoms with Crippen LogP contribution < -0.4 is 5.73 Å². The zero-order valence-electron chi connectivity index (χ0n) is 14.9. The van der Waals surface area contributed by atoms with Gasteiger partial charge in [-0.1, -0.05) is 44.2 Å². The van der Waals surface area contributed by atoms with Crippen LogP contribution in [0.4, 0.5) is 0 Å². The van der Waals surface area contributed by atoms with Crippen LogP contribution in [-0.4, -0.2) is 34.0 Å². The molecule has 0 aliphatic carbocycles. The molecule has 0 aliphatic heterocycles. The summed E-state index contributed by atoms with van der Waals surface area (Å²) in [6.07, 6.45) is 5.24. The van der Waals surface area contributed by atoms with Gasteiger partial charge < -0.3 is 15.2 Å². The van der Waals surface area contributed by atoms with Crippen molar-refractivity contribution in [2.45, 2.75) is 39.8 Å². The standard InChI is InChI=1S/C19H28N4O/c1-4-19(5-2,15-20)18(24)22(3)14-17-21-11-12-23(17)13-16-9-7-6-8-10-16/h6-12H,4-5,13-15,20H2,1-3H3. The van der Waals surface area contributed by atoms with Gasteiger partial charge in [0.05, 0.1) is 12.0 Å². The molecule has 1 aromatic heterocycles. The van der Waals surface area contributed by atoms with Crippen LogP contribution in [0.5, 0.6) is 0 Å². The van der Waals surface area contributed by atoms with E-state index in [2.05, 4.69) is 21.7 Å². The summed E-state index contributed by atoms with van der Waals surface area (Å²) in [4.78, 5) is 19.0. The highest BCUT2D eigenvalue weighted by Crippen LogP contribution is 2.27. The maximum absolute atomic E-state index is 12.9. The van der Waals surface area contributed by atoms with E-state index in [1.807, 2.05) is 45.3 Å². The third-order valence-corrected chi connectivity index (χ3v) is 4.92. The first-order valence-corrected chi connectivity index (χ1v) is 8.56. The summed E-state index contributed by atoms with van der Waals surface area (Å²) in [6, 6.07) is 10.2. The van der Waals surface area contributed by atoms with Crippen molar-refractivity contribution in [1.82, 2.24) is 14.5 Å². The molecule has 1 heterocycles. The molecular formula is C19H28N4O. The third kappa shape index (κ3) is 3.85. The molecule has 0 bridgehead atoms. The molecule has 5 heteroatoms. The van der Waals surface area contributed by atoms with Crippen LogP contribution in [-0.2, 0) is 17.9 Å². The summed E-state index contributed by atoms with van der Waals surface area (Å²) in [6.45, 7) is 5.67. The maximum atomic E-state index is 12.9. The fourth-order valence-electron chi connectivity index (χ4n) is 3.03. The Morgan fingerprint density at radius 2 is 1.92 bits per heavy atom. The molecule has 0 aliphatic rings. The van der Waals surface area contributed by atoms with Gasteiger partial charge in [0.15, 0.2) is 0 Å². The number of rotatable bonds is 8. The van der Waals surface area contributed by atoms with Crippen molar-refractivity contribution in [1.29, 1.82) is 0 Å². The lowest BCUT2D eigenvalue weighted by atomic mass is 9.81. The molecule has 0 radical (unpaired) electrons. The Balaban J connectivity index is 2.11. The van der Waals surface area contributed by atoms with Crippen LogP contribution in [0.15, 0.2) is 42.7 Å². The Morgan fingerprint density at radius 1 is 1.25 bits per heavy atom. The zero-order chi connectivity index (χ0) is 17.6. The van der Waals surface area contributed by atoms with Crippen molar-refractivity contribution in [3.63, 3.8) is 0 Å². The van der Waals surface area contributed by atoms with Gasteiger partial charge in [-0.2, -0.15) is 0 Å². The van der Waals surface area contributed by atoms with Gasteiger partial charge in [0.1, 0.15) is 5.82 Å². The van der Waals surface area contributed by atoms with Crippen LogP contribution in [0, 0.1) is 5.41 Å². The van der Waals surface area contributed by atoms with Gasteiger partial charge in [-0.05, 0) is 18.4 Å². The van der Waals surface area contributed by atoms with Gasteiger partial charge in [-0.15, -0.1) is 0 Å². The van der Waals surface area contributed by atoms with Crippen LogP contribution in [0.2, 0.25) is 0 Å². The summed E-state index contributed by atoms with van der Waals surface area (Å²) >= 11 is 0. The summed E-state index contributed by atoms with van der Waals surface area (Å²) in [7, 11) is 1.83. The molecule has 0 spiro atoms. The average molecular weight is 328 g/mol. The highest BCUT2D eigenvalue weighted by Gasteiger charge is 2.35. The molecule has 130 valence electrons. The first kappa shape index (κ1) is 18.2. The minimum Gasteiger partial charge on any atom is -0.338 e. The van der Waals surface area contributed by atoms with Crippen molar-refractivity contribution < 1.29 is 4.79 Å². The second-order valence-electron chi connectivity index (χ2n) is 6.31. The van der Waals surface area contributed by atoms with Crippen molar-refractivity contribution in [2.75, 3.05) is 13.6 Å². The van der Waals surface area contributed by atoms with E-state index in [0.29, 0.717) is 13.1 Å². The fourth-order valence-corrected chi connectivity index (χ4v) is 3.03. The third-order valence-electron chi connectivity index (χ3n) is 4.92. The Bertz CT molecular complexity index is 638. The summed E-state index contributed by atoms with van der Waals surface area (Å²) in [5.74, 6) is 0.983. The minimum atomic E-state index is -0.467. The van der Waals surface area contributed by atoms with Crippen LogP contribution in [0.1, 0.15) is 38.1 Å². The normalized spacial score (nSPS) is 11.5. The van der Waals surface area contributed by atoms with Crippen LogP contribution in [0.25, 0.3) is 0 Å². The number of nitrogens with zero attached hydrogens (tertiary/aromatic N) is 3. The highest BCUT2D eigenvalue weighted by molar-refractivity contribution is 5.82. The van der Waals surface area contributed by atoms with E-state index in [4.69, 9.17) is 5.73 Å². The molecule has 1 aromatic carbocycles. The molecule has 2 rings (SSSR count). The molecule has 1 amide bonds. The highest BCUT2D eigenvalue weighted by atomic mass is 16.2. The number of aromatic nitrogens is 2. The van der Waals surface area contributed by atoms with Gasteiger partial charge in [0.25, 0.3) is 0 Å². The molecule has 2 N–H and O–H groups in total. The minimum absolute atomic E-state index is 0.101. The van der Waals surface area contributed by atoms with Crippen molar-refractivity contribution in [3.8, 4) is 0 Å². The van der Waals surface area contributed by atoms with E-state index in [1.165, 1.54) is 5.56 Å². The number of imidazole rings is 1. The lowest BCUT2D eigenvalue weighted by Gasteiger charge is -2.33. The Labute approximate surface area is 144 Å². The fraction of sp³-hybridized carbons (Fsp3) is 0.474. The summed E-state index contributed by atoms with van der Waals surface area (Å²) < 4.78 is 2.08. The summed E-state index contributed by atoms with van der Waals surface area (Å²) in [5, 5.41) is 0. The Morgan fingerprint density at radius 3 is 2.50 bits per heavy atom. The number of benzene rings is 1. The number of hydrogen-bond acceptors (Lipinski definition) is 3. The first-order chi connectivity index (χ1) is 11.6. The van der Waals surface area contributed by atoms with Crippen LogP contribution in [0.3, 0.4) is 0 Å². The van der Waals surface area contributed by atoms with E-state index in [0.717, 1.165) is 25.2 Å². The lowest BCUT2D eigenvalue weighted by Crippen LogP contribution is -2.46. The zero-order valence-corrected chi connectivity index (χ0v) is 14.9. The lowest BCUT2D eigenvalue weighted by molar-refractivity contribution is -0.141. The SMILES string of the molecule is CCC(CC)(CN)C(=O)N(C)Cc1nccn1Cc1ccccc1. The van der Waals surface area contributed by atoms with Gasteiger partial charge in [-0.3, -0.25) is 4.79 Å². The van der Waals surface area contributed by atoms with Crippen LogP contribution >= 0.6 is 0 Å².